The molecule has 0 aliphatic heterocycles. The second-order valence-corrected chi connectivity index (χ2v) is 4.53. The molecule has 0 amide bonds. The molecule has 13 heavy (non-hydrogen) atoms. The summed E-state index contributed by atoms with van der Waals surface area (Å²) in [5, 5.41) is 7.04. The topological polar surface area (TPSA) is 24.1 Å². The first-order valence-corrected chi connectivity index (χ1v) is 5.73. The van der Waals surface area contributed by atoms with Crippen LogP contribution in [0.2, 0.25) is 0 Å². The average molecular weight is 184 g/mol. The molecule has 0 atom stereocenters. The van der Waals surface area contributed by atoms with Crippen molar-refractivity contribution in [2.45, 2.75) is 45.6 Å². The van der Waals surface area contributed by atoms with E-state index in [4.69, 9.17) is 0 Å². The van der Waals surface area contributed by atoms with Gasteiger partial charge in [-0.1, -0.05) is 26.7 Å². The van der Waals surface area contributed by atoms with E-state index in [0.29, 0.717) is 0 Å². The van der Waals surface area contributed by atoms with Crippen molar-refractivity contribution in [2.24, 2.45) is 5.92 Å². The standard InChI is InChI=1S/C11H24N2/c1-10(2)9-12-7-8-13-11-5-3-4-6-11/h10-13H,3-9H2,1-2H3. The van der Waals surface area contributed by atoms with Gasteiger partial charge in [0.05, 0.1) is 0 Å². The Morgan fingerprint density at radius 1 is 1.15 bits per heavy atom. The van der Waals surface area contributed by atoms with Crippen molar-refractivity contribution < 1.29 is 0 Å². The fraction of sp³-hybridized carbons (Fsp3) is 1.00. The molecule has 0 radical (unpaired) electrons. The predicted octanol–water partition coefficient (Wildman–Crippen LogP) is 1.76. The highest BCUT2D eigenvalue weighted by atomic mass is 15.0. The van der Waals surface area contributed by atoms with Gasteiger partial charge in [-0.2, -0.15) is 0 Å². The van der Waals surface area contributed by atoms with Crippen LogP contribution in [0.25, 0.3) is 0 Å². The highest BCUT2D eigenvalue weighted by Gasteiger charge is 2.12. The number of rotatable bonds is 6. The molecule has 0 aromatic rings. The van der Waals surface area contributed by atoms with Crippen LogP contribution in [0, 0.1) is 5.92 Å². The normalized spacial score (nSPS) is 18.7. The van der Waals surface area contributed by atoms with Crippen molar-refractivity contribution in [3.63, 3.8) is 0 Å². The van der Waals surface area contributed by atoms with E-state index in [1.54, 1.807) is 0 Å². The van der Waals surface area contributed by atoms with Crippen LogP contribution in [0.4, 0.5) is 0 Å². The van der Waals surface area contributed by atoms with Gasteiger partial charge in [-0.05, 0) is 25.3 Å². The van der Waals surface area contributed by atoms with Crippen LogP contribution in [0.3, 0.4) is 0 Å². The smallest absolute Gasteiger partial charge is 0.00793 e. The van der Waals surface area contributed by atoms with Crippen molar-refractivity contribution in [3.05, 3.63) is 0 Å². The SMILES string of the molecule is CC(C)CNCCNC1CCCC1. The van der Waals surface area contributed by atoms with Crippen molar-refractivity contribution in [2.75, 3.05) is 19.6 Å². The van der Waals surface area contributed by atoms with Gasteiger partial charge in [-0.25, -0.2) is 0 Å². The van der Waals surface area contributed by atoms with Gasteiger partial charge >= 0.3 is 0 Å². The van der Waals surface area contributed by atoms with Crippen molar-refractivity contribution >= 4 is 0 Å². The summed E-state index contributed by atoms with van der Waals surface area (Å²) in [6, 6.07) is 0.820. The minimum Gasteiger partial charge on any atom is -0.315 e. The van der Waals surface area contributed by atoms with Crippen molar-refractivity contribution in [1.82, 2.24) is 10.6 Å². The molecule has 1 aliphatic carbocycles. The van der Waals surface area contributed by atoms with Crippen LogP contribution in [0.15, 0.2) is 0 Å². The molecule has 0 saturated heterocycles. The maximum atomic E-state index is 3.59. The number of hydrogen-bond acceptors (Lipinski definition) is 2. The lowest BCUT2D eigenvalue weighted by atomic mass is 10.2. The van der Waals surface area contributed by atoms with Crippen LogP contribution in [0.5, 0.6) is 0 Å². The molecular weight excluding hydrogens is 160 g/mol. The fourth-order valence-corrected chi connectivity index (χ4v) is 1.89. The van der Waals surface area contributed by atoms with Crippen LogP contribution in [-0.4, -0.2) is 25.7 Å². The van der Waals surface area contributed by atoms with Gasteiger partial charge in [-0.3, -0.25) is 0 Å². The summed E-state index contributed by atoms with van der Waals surface area (Å²) in [5.74, 6) is 0.770. The van der Waals surface area contributed by atoms with Crippen LogP contribution in [-0.2, 0) is 0 Å². The lowest BCUT2D eigenvalue weighted by Gasteiger charge is -2.12. The third kappa shape index (κ3) is 5.27. The summed E-state index contributed by atoms with van der Waals surface area (Å²) in [6.07, 6.45) is 5.64. The highest BCUT2D eigenvalue weighted by Crippen LogP contribution is 2.16. The Labute approximate surface area is 82.5 Å². The maximum Gasteiger partial charge on any atom is 0.00793 e. The zero-order valence-corrected chi connectivity index (χ0v) is 9.10. The van der Waals surface area contributed by atoms with E-state index in [-0.39, 0.29) is 0 Å². The molecule has 0 heterocycles. The zero-order valence-electron chi connectivity index (χ0n) is 9.10. The van der Waals surface area contributed by atoms with Crippen molar-refractivity contribution in [3.8, 4) is 0 Å². The first-order valence-electron chi connectivity index (χ1n) is 5.73. The van der Waals surface area contributed by atoms with Crippen LogP contribution < -0.4 is 10.6 Å². The third-order valence-electron chi connectivity index (χ3n) is 2.64. The summed E-state index contributed by atoms with van der Waals surface area (Å²) in [5.41, 5.74) is 0. The van der Waals surface area contributed by atoms with Crippen molar-refractivity contribution in [1.29, 1.82) is 0 Å². The van der Waals surface area contributed by atoms with E-state index in [0.717, 1.165) is 31.6 Å². The van der Waals surface area contributed by atoms with E-state index in [2.05, 4.69) is 24.5 Å². The molecule has 1 saturated carbocycles. The molecule has 0 aromatic heterocycles. The molecule has 2 N–H and O–H groups in total. The molecule has 0 unspecified atom stereocenters. The summed E-state index contributed by atoms with van der Waals surface area (Å²) in [4.78, 5) is 0. The Hall–Kier alpha value is -0.0800. The Balaban J connectivity index is 1.83. The van der Waals surface area contributed by atoms with Crippen LogP contribution in [0.1, 0.15) is 39.5 Å². The Morgan fingerprint density at radius 3 is 2.46 bits per heavy atom. The van der Waals surface area contributed by atoms with Gasteiger partial charge in [0, 0.05) is 19.1 Å². The van der Waals surface area contributed by atoms with Crippen LogP contribution >= 0.6 is 0 Å². The summed E-state index contributed by atoms with van der Waals surface area (Å²) in [7, 11) is 0. The molecule has 0 bridgehead atoms. The fourth-order valence-electron chi connectivity index (χ4n) is 1.89. The first-order chi connectivity index (χ1) is 6.29. The average Bonchev–Trinajstić information content (AvgIpc) is 2.55. The summed E-state index contributed by atoms with van der Waals surface area (Å²) < 4.78 is 0. The largest absolute Gasteiger partial charge is 0.315 e. The second kappa shape index (κ2) is 6.39. The number of hydrogen-bond donors (Lipinski definition) is 2. The van der Waals surface area contributed by atoms with Gasteiger partial charge in [0.15, 0.2) is 0 Å². The molecule has 0 aromatic carbocycles. The zero-order chi connectivity index (χ0) is 9.52. The van der Waals surface area contributed by atoms with E-state index in [1.807, 2.05) is 0 Å². The molecule has 2 nitrogen and oxygen atoms in total. The Bertz CT molecular complexity index is 117. The van der Waals surface area contributed by atoms with Gasteiger partial charge in [-0.15, -0.1) is 0 Å². The predicted molar refractivity (Wildman–Crippen MR) is 58.0 cm³/mol. The Kier molecular flexibility index (Phi) is 5.40. The van der Waals surface area contributed by atoms with E-state index < -0.39 is 0 Å². The lowest BCUT2D eigenvalue weighted by molar-refractivity contribution is 0.489. The molecule has 1 aliphatic rings. The molecule has 0 spiro atoms. The molecule has 78 valence electrons. The first kappa shape index (κ1) is 11.0. The van der Waals surface area contributed by atoms with E-state index in [1.165, 1.54) is 25.7 Å². The molecular formula is C11H24N2. The monoisotopic (exact) mass is 184 g/mol. The summed E-state index contributed by atoms with van der Waals surface area (Å²) >= 11 is 0. The summed E-state index contributed by atoms with van der Waals surface area (Å²) in [6.45, 7) is 7.90. The minimum atomic E-state index is 0.770. The Morgan fingerprint density at radius 2 is 1.85 bits per heavy atom. The van der Waals surface area contributed by atoms with Gasteiger partial charge in [0.1, 0.15) is 0 Å². The highest BCUT2D eigenvalue weighted by molar-refractivity contribution is 4.73. The number of nitrogens with one attached hydrogen (secondary N) is 2. The van der Waals surface area contributed by atoms with E-state index in [9.17, 15) is 0 Å². The molecule has 2 heteroatoms. The molecule has 1 rings (SSSR count). The quantitative estimate of drug-likeness (QED) is 0.615. The lowest BCUT2D eigenvalue weighted by Crippen LogP contribution is -2.34. The molecule has 1 fully saturated rings. The maximum absolute atomic E-state index is 3.59. The van der Waals surface area contributed by atoms with Gasteiger partial charge < -0.3 is 10.6 Å². The van der Waals surface area contributed by atoms with E-state index >= 15 is 0 Å². The second-order valence-electron chi connectivity index (χ2n) is 4.53. The van der Waals surface area contributed by atoms with Gasteiger partial charge in [0.25, 0.3) is 0 Å². The minimum absolute atomic E-state index is 0.770. The van der Waals surface area contributed by atoms with Gasteiger partial charge in [0.2, 0.25) is 0 Å². The third-order valence-corrected chi connectivity index (χ3v) is 2.64.